The minimum absolute atomic E-state index is 0.121. The van der Waals surface area contributed by atoms with Gasteiger partial charge >= 0.3 is 0 Å². The number of unbranched alkanes of at least 4 members (excludes halogenated alkanes) is 1. The Morgan fingerprint density at radius 2 is 2.07 bits per heavy atom. The van der Waals surface area contributed by atoms with Crippen LogP contribution in [0.15, 0.2) is 0 Å². The number of ether oxygens (including phenoxy) is 1. The Hall–Kier alpha value is -0.610. The molecule has 0 heterocycles. The van der Waals surface area contributed by atoms with E-state index < -0.39 is 0 Å². The van der Waals surface area contributed by atoms with Gasteiger partial charge in [0.2, 0.25) is 5.91 Å². The third-order valence-corrected chi connectivity index (χ3v) is 2.10. The summed E-state index contributed by atoms with van der Waals surface area (Å²) in [5, 5.41) is 8.58. The van der Waals surface area contributed by atoms with Crippen molar-refractivity contribution >= 4 is 5.91 Å². The van der Waals surface area contributed by atoms with E-state index in [1.54, 1.807) is 11.9 Å². The zero-order chi connectivity index (χ0) is 11.7. The van der Waals surface area contributed by atoms with Crippen molar-refractivity contribution < 1.29 is 14.6 Å². The summed E-state index contributed by atoms with van der Waals surface area (Å²) in [6, 6.07) is 0. The molecule has 0 saturated heterocycles. The lowest BCUT2D eigenvalue weighted by Gasteiger charge is -2.17. The van der Waals surface area contributed by atoms with E-state index in [2.05, 4.69) is 0 Å². The molecule has 0 fully saturated rings. The molecule has 0 bridgehead atoms. The molecule has 1 amide bonds. The van der Waals surface area contributed by atoms with Crippen LogP contribution in [0.4, 0.5) is 0 Å². The molecule has 0 unspecified atom stereocenters. The van der Waals surface area contributed by atoms with Crippen LogP contribution < -0.4 is 0 Å². The summed E-state index contributed by atoms with van der Waals surface area (Å²) in [6.07, 6.45) is 2.17. The Morgan fingerprint density at radius 1 is 1.40 bits per heavy atom. The highest BCUT2D eigenvalue weighted by atomic mass is 16.5. The van der Waals surface area contributed by atoms with Crippen LogP contribution in [0.2, 0.25) is 0 Å². The van der Waals surface area contributed by atoms with Gasteiger partial charge in [-0.3, -0.25) is 4.79 Å². The van der Waals surface area contributed by atoms with Crippen LogP contribution in [0, 0.1) is 0 Å². The van der Waals surface area contributed by atoms with Crippen molar-refractivity contribution in [2.75, 3.05) is 26.8 Å². The summed E-state index contributed by atoms with van der Waals surface area (Å²) in [5.74, 6) is 0.121. The molecule has 0 radical (unpaired) electrons. The molecule has 0 aliphatic rings. The monoisotopic (exact) mass is 217 g/mol. The highest BCUT2D eigenvalue weighted by Crippen LogP contribution is 1.99. The first-order valence-electron chi connectivity index (χ1n) is 5.54. The van der Waals surface area contributed by atoms with Crippen molar-refractivity contribution in [1.82, 2.24) is 4.90 Å². The Labute approximate surface area is 92.2 Å². The number of nitrogens with zero attached hydrogens (tertiary/aromatic N) is 1. The Morgan fingerprint density at radius 3 is 2.60 bits per heavy atom. The SMILES string of the molecule is CC(C)OCCN(C)C(=O)CCCCO. The molecule has 4 heteroatoms. The zero-order valence-corrected chi connectivity index (χ0v) is 10.0. The van der Waals surface area contributed by atoms with Crippen molar-refractivity contribution in [2.24, 2.45) is 0 Å². The lowest BCUT2D eigenvalue weighted by atomic mass is 10.2. The van der Waals surface area contributed by atoms with Crippen LogP contribution in [0.1, 0.15) is 33.1 Å². The average molecular weight is 217 g/mol. The van der Waals surface area contributed by atoms with Crippen molar-refractivity contribution in [1.29, 1.82) is 0 Å². The Balaban J connectivity index is 3.51. The van der Waals surface area contributed by atoms with Gasteiger partial charge in [-0.15, -0.1) is 0 Å². The maximum atomic E-state index is 11.5. The smallest absolute Gasteiger partial charge is 0.222 e. The molecule has 0 spiro atoms. The second-order valence-corrected chi connectivity index (χ2v) is 3.92. The molecule has 0 aromatic rings. The molecule has 0 rings (SSSR count). The fourth-order valence-electron chi connectivity index (χ4n) is 1.13. The standard InChI is InChI=1S/C11H23NO3/c1-10(2)15-9-7-12(3)11(14)6-4-5-8-13/h10,13H,4-9H2,1-3H3. The van der Waals surface area contributed by atoms with E-state index in [1.165, 1.54) is 0 Å². The van der Waals surface area contributed by atoms with E-state index in [1.807, 2.05) is 13.8 Å². The van der Waals surface area contributed by atoms with Crippen LogP contribution in [-0.4, -0.2) is 48.8 Å². The fourth-order valence-corrected chi connectivity index (χ4v) is 1.13. The number of likely N-dealkylation sites (N-methyl/N-ethyl adjacent to an activating group) is 1. The largest absolute Gasteiger partial charge is 0.396 e. The van der Waals surface area contributed by atoms with Gasteiger partial charge in [0.25, 0.3) is 0 Å². The average Bonchev–Trinajstić information content (AvgIpc) is 2.17. The zero-order valence-electron chi connectivity index (χ0n) is 10.0. The summed E-state index contributed by atoms with van der Waals surface area (Å²) in [6.45, 7) is 5.33. The van der Waals surface area contributed by atoms with Crippen LogP contribution in [0.3, 0.4) is 0 Å². The number of aliphatic hydroxyl groups excluding tert-OH is 1. The molecule has 0 aromatic heterocycles. The van der Waals surface area contributed by atoms with Crippen LogP contribution in [-0.2, 0) is 9.53 Å². The fraction of sp³-hybridized carbons (Fsp3) is 0.909. The van der Waals surface area contributed by atoms with Crippen LogP contribution in [0.5, 0.6) is 0 Å². The number of aliphatic hydroxyl groups is 1. The number of carbonyl (C=O) groups is 1. The van der Waals surface area contributed by atoms with Gasteiger partial charge in [-0.25, -0.2) is 0 Å². The van der Waals surface area contributed by atoms with E-state index >= 15 is 0 Å². The Kier molecular flexibility index (Phi) is 8.33. The van der Waals surface area contributed by atoms with Gasteiger partial charge < -0.3 is 14.7 Å². The van der Waals surface area contributed by atoms with Gasteiger partial charge in [0.15, 0.2) is 0 Å². The second kappa shape index (κ2) is 8.68. The van der Waals surface area contributed by atoms with E-state index in [-0.39, 0.29) is 18.6 Å². The third kappa shape index (κ3) is 8.39. The molecular formula is C11H23NO3. The molecule has 0 aliphatic carbocycles. The molecular weight excluding hydrogens is 194 g/mol. The summed E-state index contributed by atoms with van der Waals surface area (Å²) in [7, 11) is 1.78. The first kappa shape index (κ1) is 14.4. The van der Waals surface area contributed by atoms with Gasteiger partial charge in [-0.2, -0.15) is 0 Å². The van der Waals surface area contributed by atoms with Crippen LogP contribution in [0.25, 0.3) is 0 Å². The van der Waals surface area contributed by atoms with Gasteiger partial charge in [-0.05, 0) is 26.7 Å². The van der Waals surface area contributed by atoms with Crippen molar-refractivity contribution in [3.8, 4) is 0 Å². The minimum Gasteiger partial charge on any atom is -0.396 e. The number of hydrogen-bond donors (Lipinski definition) is 1. The predicted molar refractivity (Wildman–Crippen MR) is 59.7 cm³/mol. The summed E-state index contributed by atoms with van der Waals surface area (Å²) >= 11 is 0. The minimum atomic E-state index is 0.121. The molecule has 0 aromatic carbocycles. The molecule has 90 valence electrons. The van der Waals surface area contributed by atoms with Crippen LogP contribution >= 0.6 is 0 Å². The lowest BCUT2D eigenvalue weighted by molar-refractivity contribution is -0.130. The quantitative estimate of drug-likeness (QED) is 0.618. The lowest BCUT2D eigenvalue weighted by Crippen LogP contribution is -2.30. The van der Waals surface area contributed by atoms with Crippen molar-refractivity contribution in [3.63, 3.8) is 0 Å². The van der Waals surface area contributed by atoms with Gasteiger partial charge in [0.1, 0.15) is 0 Å². The maximum Gasteiger partial charge on any atom is 0.222 e. The second-order valence-electron chi connectivity index (χ2n) is 3.92. The van der Waals surface area contributed by atoms with E-state index in [0.717, 1.165) is 6.42 Å². The van der Waals surface area contributed by atoms with E-state index in [4.69, 9.17) is 9.84 Å². The van der Waals surface area contributed by atoms with E-state index in [9.17, 15) is 4.79 Å². The molecule has 15 heavy (non-hydrogen) atoms. The molecule has 0 aliphatic heterocycles. The third-order valence-electron chi connectivity index (χ3n) is 2.10. The summed E-state index contributed by atoms with van der Waals surface area (Å²) < 4.78 is 5.35. The number of amides is 1. The highest BCUT2D eigenvalue weighted by Gasteiger charge is 2.07. The summed E-state index contributed by atoms with van der Waals surface area (Å²) in [4.78, 5) is 13.2. The van der Waals surface area contributed by atoms with Gasteiger partial charge in [-0.1, -0.05) is 0 Å². The molecule has 4 nitrogen and oxygen atoms in total. The van der Waals surface area contributed by atoms with Crippen molar-refractivity contribution in [2.45, 2.75) is 39.2 Å². The van der Waals surface area contributed by atoms with Crippen molar-refractivity contribution in [3.05, 3.63) is 0 Å². The molecule has 0 atom stereocenters. The van der Waals surface area contributed by atoms with E-state index in [0.29, 0.717) is 26.0 Å². The number of carbonyl (C=O) groups excluding carboxylic acids is 1. The topological polar surface area (TPSA) is 49.8 Å². The molecule has 1 N–H and O–H groups in total. The highest BCUT2D eigenvalue weighted by molar-refractivity contribution is 5.75. The predicted octanol–water partition coefficient (Wildman–Crippen LogP) is 1.03. The first-order chi connectivity index (χ1) is 7.07. The molecule has 0 saturated carbocycles. The number of rotatable bonds is 8. The normalized spacial score (nSPS) is 10.7. The van der Waals surface area contributed by atoms with Gasteiger partial charge in [0.05, 0.1) is 12.7 Å². The van der Waals surface area contributed by atoms with Gasteiger partial charge in [0, 0.05) is 26.6 Å². The maximum absolute atomic E-state index is 11.5. The Bertz CT molecular complexity index is 171. The first-order valence-corrected chi connectivity index (χ1v) is 5.54. The summed E-state index contributed by atoms with van der Waals surface area (Å²) in [5.41, 5.74) is 0. The number of hydrogen-bond acceptors (Lipinski definition) is 3.